The van der Waals surface area contributed by atoms with E-state index in [0.717, 1.165) is 38.7 Å². The number of nitrogens with one attached hydrogen (secondary N) is 1. The molecule has 1 aliphatic heterocycles. The predicted octanol–water partition coefficient (Wildman–Crippen LogP) is 4.35. The van der Waals surface area contributed by atoms with Gasteiger partial charge in [0.25, 0.3) is 5.69 Å². The maximum Gasteiger partial charge on any atom is 0.270 e. The van der Waals surface area contributed by atoms with Crippen molar-refractivity contribution in [2.75, 3.05) is 20.2 Å². The van der Waals surface area contributed by atoms with Crippen LogP contribution in [0.5, 0.6) is 5.75 Å². The van der Waals surface area contributed by atoms with Gasteiger partial charge < -0.3 is 14.6 Å². The van der Waals surface area contributed by atoms with Crippen LogP contribution in [0.25, 0.3) is 10.9 Å². The molecule has 0 radical (unpaired) electrons. The third kappa shape index (κ3) is 4.70. The summed E-state index contributed by atoms with van der Waals surface area (Å²) in [6.45, 7) is 3.55. The Balaban J connectivity index is 1.26. The molecule has 1 fully saturated rings. The fourth-order valence-corrected chi connectivity index (χ4v) is 5.19. The van der Waals surface area contributed by atoms with E-state index >= 15 is 0 Å². The van der Waals surface area contributed by atoms with Crippen LogP contribution in [0.3, 0.4) is 0 Å². The summed E-state index contributed by atoms with van der Waals surface area (Å²) in [5.74, 6) is 0.734. The van der Waals surface area contributed by atoms with Crippen molar-refractivity contribution in [1.82, 2.24) is 24.9 Å². The molecule has 186 valence electrons. The number of benzene rings is 2. The highest BCUT2D eigenvalue weighted by Gasteiger charge is 2.30. The third-order valence-electron chi connectivity index (χ3n) is 6.73. The zero-order valence-electron chi connectivity index (χ0n) is 19.9. The SMILES string of the molecule is COc1ccc([N+](=O)[O-])cc1Cn1cc(C2CCN(C(=O)Cc3c(C)[nH]c4ccc(Br)cc34)C2)nn1. The van der Waals surface area contributed by atoms with Gasteiger partial charge in [-0.15, -0.1) is 5.10 Å². The number of methoxy groups -OCH3 is 1. The Morgan fingerprint density at radius 2 is 2.14 bits per heavy atom. The number of halogens is 1. The standard InChI is InChI=1S/C25H25BrN6O4/c1-15-20(21-10-18(26)3-5-22(21)27-15)11-25(33)30-8-7-16(12-30)23-14-31(29-28-23)13-17-9-19(32(34)35)4-6-24(17)36-2/h3-6,9-10,14,16,27H,7-8,11-13H2,1-2H3. The monoisotopic (exact) mass is 552 g/mol. The quantitative estimate of drug-likeness (QED) is 0.269. The van der Waals surface area contributed by atoms with Gasteiger partial charge >= 0.3 is 0 Å². The number of aryl methyl sites for hydroxylation is 1. The summed E-state index contributed by atoms with van der Waals surface area (Å²) >= 11 is 3.52. The van der Waals surface area contributed by atoms with E-state index in [0.29, 0.717) is 37.4 Å². The number of aromatic nitrogens is 4. The number of amides is 1. The van der Waals surface area contributed by atoms with Crippen LogP contribution < -0.4 is 4.74 Å². The number of carbonyl (C=O) groups is 1. The molecule has 0 aliphatic carbocycles. The van der Waals surface area contributed by atoms with Crippen LogP contribution in [0.2, 0.25) is 0 Å². The second-order valence-electron chi connectivity index (χ2n) is 9.01. The molecular weight excluding hydrogens is 528 g/mol. The second kappa shape index (κ2) is 9.73. The molecule has 3 heterocycles. The topological polar surface area (TPSA) is 119 Å². The van der Waals surface area contributed by atoms with E-state index in [2.05, 4.69) is 31.2 Å². The van der Waals surface area contributed by atoms with Gasteiger partial charge in [-0.1, -0.05) is 21.1 Å². The summed E-state index contributed by atoms with van der Waals surface area (Å²) in [5, 5.41) is 20.8. The van der Waals surface area contributed by atoms with E-state index in [4.69, 9.17) is 4.74 Å². The van der Waals surface area contributed by atoms with E-state index in [9.17, 15) is 14.9 Å². The molecular formula is C25H25BrN6O4. The highest BCUT2D eigenvalue weighted by Crippen LogP contribution is 2.30. The van der Waals surface area contributed by atoms with Crippen LogP contribution in [-0.4, -0.2) is 55.9 Å². The summed E-state index contributed by atoms with van der Waals surface area (Å²) < 4.78 is 7.98. The molecule has 1 atom stereocenters. The number of non-ortho nitro benzene ring substituents is 1. The molecule has 2 aromatic heterocycles. The van der Waals surface area contributed by atoms with Gasteiger partial charge in [0.2, 0.25) is 5.91 Å². The normalized spacial score (nSPS) is 15.5. The molecule has 0 saturated carbocycles. The molecule has 2 aromatic carbocycles. The first-order valence-corrected chi connectivity index (χ1v) is 12.4. The van der Waals surface area contributed by atoms with E-state index in [1.54, 1.807) is 10.7 Å². The summed E-state index contributed by atoms with van der Waals surface area (Å²) in [7, 11) is 1.53. The lowest BCUT2D eigenvalue weighted by molar-refractivity contribution is -0.384. The Kier molecular flexibility index (Phi) is 6.48. The second-order valence-corrected chi connectivity index (χ2v) is 9.93. The number of aromatic amines is 1. The minimum absolute atomic E-state index is 0.00567. The van der Waals surface area contributed by atoms with Gasteiger partial charge in [-0.25, -0.2) is 4.68 Å². The minimum atomic E-state index is -0.434. The molecule has 0 spiro atoms. The molecule has 11 heteroatoms. The summed E-state index contributed by atoms with van der Waals surface area (Å²) in [6, 6.07) is 10.5. The summed E-state index contributed by atoms with van der Waals surface area (Å²) in [6.07, 6.45) is 3.00. The van der Waals surface area contributed by atoms with E-state index < -0.39 is 4.92 Å². The molecule has 1 amide bonds. The van der Waals surface area contributed by atoms with Gasteiger partial charge in [0, 0.05) is 64.0 Å². The summed E-state index contributed by atoms with van der Waals surface area (Å²) in [5.41, 5.74) is 4.50. The molecule has 36 heavy (non-hydrogen) atoms. The van der Waals surface area contributed by atoms with E-state index in [1.165, 1.54) is 19.2 Å². The fraction of sp³-hybridized carbons (Fsp3) is 0.320. The zero-order chi connectivity index (χ0) is 25.4. The van der Waals surface area contributed by atoms with E-state index in [1.807, 2.05) is 36.2 Å². The summed E-state index contributed by atoms with van der Waals surface area (Å²) in [4.78, 5) is 29.2. The van der Waals surface area contributed by atoms with Gasteiger partial charge in [0.1, 0.15) is 5.75 Å². The highest BCUT2D eigenvalue weighted by atomic mass is 79.9. The van der Waals surface area contributed by atoms with Crippen molar-refractivity contribution in [1.29, 1.82) is 0 Å². The molecule has 1 unspecified atom stereocenters. The lowest BCUT2D eigenvalue weighted by Gasteiger charge is -2.16. The number of fused-ring (bicyclic) bond motifs is 1. The van der Waals surface area contributed by atoms with Gasteiger partial charge in [0.05, 0.1) is 30.7 Å². The Labute approximate surface area is 215 Å². The Hall–Kier alpha value is -3.73. The number of nitro groups is 1. The smallest absolute Gasteiger partial charge is 0.270 e. The van der Waals surface area contributed by atoms with Crippen LogP contribution in [0.1, 0.15) is 34.9 Å². The number of nitro benzene ring substituents is 1. The number of ether oxygens (including phenoxy) is 1. The maximum absolute atomic E-state index is 13.2. The van der Waals surface area contributed by atoms with Crippen LogP contribution in [0, 0.1) is 17.0 Å². The molecule has 1 N–H and O–H groups in total. The third-order valence-corrected chi connectivity index (χ3v) is 7.23. The van der Waals surface area contributed by atoms with Crippen LogP contribution in [-0.2, 0) is 17.8 Å². The Morgan fingerprint density at radius 3 is 2.92 bits per heavy atom. The molecule has 10 nitrogen and oxygen atoms in total. The predicted molar refractivity (Wildman–Crippen MR) is 137 cm³/mol. The van der Waals surface area contributed by atoms with Crippen LogP contribution in [0.4, 0.5) is 5.69 Å². The number of nitrogens with zero attached hydrogens (tertiary/aromatic N) is 5. The van der Waals surface area contributed by atoms with Gasteiger partial charge in [-0.2, -0.15) is 0 Å². The average molecular weight is 553 g/mol. The van der Waals surface area contributed by atoms with Gasteiger partial charge in [-0.3, -0.25) is 14.9 Å². The molecule has 5 rings (SSSR count). The average Bonchev–Trinajstić information content (AvgIpc) is 3.59. The van der Waals surface area contributed by atoms with Crippen molar-refractivity contribution < 1.29 is 14.5 Å². The van der Waals surface area contributed by atoms with Crippen molar-refractivity contribution in [3.63, 3.8) is 0 Å². The first-order chi connectivity index (χ1) is 17.3. The molecule has 4 aromatic rings. The maximum atomic E-state index is 13.2. The minimum Gasteiger partial charge on any atom is -0.496 e. The van der Waals surface area contributed by atoms with Crippen LogP contribution >= 0.6 is 15.9 Å². The lowest BCUT2D eigenvalue weighted by atomic mass is 10.1. The lowest BCUT2D eigenvalue weighted by Crippen LogP contribution is -2.30. The number of rotatable bonds is 7. The number of hydrogen-bond acceptors (Lipinski definition) is 6. The fourth-order valence-electron chi connectivity index (χ4n) is 4.83. The van der Waals surface area contributed by atoms with Gasteiger partial charge in [-0.05, 0) is 43.2 Å². The molecule has 1 saturated heterocycles. The first-order valence-electron chi connectivity index (χ1n) is 11.6. The first kappa shape index (κ1) is 24.0. The Morgan fingerprint density at radius 1 is 1.31 bits per heavy atom. The van der Waals surface area contributed by atoms with Crippen molar-refractivity contribution in [3.8, 4) is 5.75 Å². The molecule has 0 bridgehead atoms. The largest absolute Gasteiger partial charge is 0.496 e. The molecule has 1 aliphatic rings. The van der Waals surface area contributed by atoms with E-state index in [-0.39, 0.29) is 17.5 Å². The number of carbonyl (C=O) groups excluding carboxylic acids is 1. The van der Waals surface area contributed by atoms with Crippen molar-refractivity contribution >= 4 is 38.4 Å². The van der Waals surface area contributed by atoms with Crippen molar-refractivity contribution in [2.45, 2.75) is 32.2 Å². The zero-order valence-corrected chi connectivity index (χ0v) is 21.5. The number of H-pyrrole nitrogens is 1. The number of likely N-dealkylation sites (tertiary alicyclic amines) is 1. The van der Waals surface area contributed by atoms with Crippen molar-refractivity contribution in [2.24, 2.45) is 0 Å². The van der Waals surface area contributed by atoms with Crippen molar-refractivity contribution in [3.05, 3.63) is 79.7 Å². The number of hydrogen-bond donors (Lipinski definition) is 1. The Bertz CT molecular complexity index is 1460. The van der Waals surface area contributed by atoms with Crippen LogP contribution in [0.15, 0.2) is 47.1 Å². The van der Waals surface area contributed by atoms with Gasteiger partial charge in [0.15, 0.2) is 0 Å². The highest BCUT2D eigenvalue weighted by molar-refractivity contribution is 9.10.